The minimum atomic E-state index is -0.440. The molecule has 2 fully saturated rings. The van der Waals surface area contributed by atoms with Crippen molar-refractivity contribution in [3.05, 3.63) is 47.8 Å². The number of furan rings is 1. The molecular formula is C17H17FN2O3S. The summed E-state index contributed by atoms with van der Waals surface area (Å²) in [6.45, 7) is 3.16. The van der Waals surface area contributed by atoms with Crippen LogP contribution in [0.15, 0.2) is 35.1 Å². The van der Waals surface area contributed by atoms with Gasteiger partial charge >= 0.3 is 0 Å². The molecule has 0 radical (unpaired) electrons. The lowest BCUT2D eigenvalue weighted by Gasteiger charge is -2.47. The summed E-state index contributed by atoms with van der Waals surface area (Å²) in [5.41, 5.74) is 0.621. The van der Waals surface area contributed by atoms with E-state index in [1.54, 1.807) is 30.8 Å². The Morgan fingerprint density at radius 2 is 2.33 bits per heavy atom. The third-order valence-electron chi connectivity index (χ3n) is 4.51. The number of ether oxygens (including phenoxy) is 1. The smallest absolute Gasteiger partial charge is 0.257 e. The van der Waals surface area contributed by atoms with Crippen LogP contribution in [0.4, 0.5) is 4.39 Å². The molecule has 24 heavy (non-hydrogen) atoms. The minimum absolute atomic E-state index is 0.00705. The van der Waals surface area contributed by atoms with Crippen LogP contribution in [0.25, 0.3) is 0 Å². The second-order valence-electron chi connectivity index (χ2n) is 6.28. The summed E-state index contributed by atoms with van der Waals surface area (Å²) in [5.74, 6) is 1.05. The fourth-order valence-electron chi connectivity index (χ4n) is 3.28. The van der Waals surface area contributed by atoms with Gasteiger partial charge in [-0.1, -0.05) is 0 Å². The van der Waals surface area contributed by atoms with Gasteiger partial charge in [0, 0.05) is 31.5 Å². The molecule has 1 unspecified atom stereocenters. The van der Waals surface area contributed by atoms with E-state index in [-0.39, 0.29) is 22.6 Å². The second kappa shape index (κ2) is 5.81. The van der Waals surface area contributed by atoms with E-state index in [9.17, 15) is 9.18 Å². The maximum Gasteiger partial charge on any atom is 0.257 e. The molecule has 2 aliphatic rings. The normalized spacial score (nSPS) is 21.8. The van der Waals surface area contributed by atoms with Crippen molar-refractivity contribution in [1.82, 2.24) is 9.88 Å². The number of carbonyl (C=O) groups is 1. The molecule has 2 aromatic heterocycles. The van der Waals surface area contributed by atoms with Gasteiger partial charge < -0.3 is 14.1 Å². The van der Waals surface area contributed by atoms with E-state index >= 15 is 0 Å². The van der Waals surface area contributed by atoms with Crippen molar-refractivity contribution in [3.63, 3.8) is 0 Å². The highest BCUT2D eigenvalue weighted by atomic mass is 32.2. The summed E-state index contributed by atoms with van der Waals surface area (Å²) < 4.78 is 24.6. The van der Waals surface area contributed by atoms with Crippen LogP contribution >= 0.6 is 11.8 Å². The van der Waals surface area contributed by atoms with E-state index in [0.29, 0.717) is 24.4 Å². The Labute approximate surface area is 143 Å². The van der Waals surface area contributed by atoms with Gasteiger partial charge in [0.1, 0.15) is 11.9 Å². The molecule has 4 heterocycles. The van der Waals surface area contributed by atoms with E-state index in [1.807, 2.05) is 4.90 Å². The predicted octanol–water partition coefficient (Wildman–Crippen LogP) is 2.90. The molecule has 0 aromatic carbocycles. The summed E-state index contributed by atoms with van der Waals surface area (Å²) in [7, 11) is 0. The Kier molecular flexibility index (Phi) is 3.75. The number of pyridine rings is 1. The summed E-state index contributed by atoms with van der Waals surface area (Å²) in [6, 6.07) is 4.60. The summed E-state index contributed by atoms with van der Waals surface area (Å²) >= 11 is 1.79. The van der Waals surface area contributed by atoms with Crippen molar-refractivity contribution in [2.45, 2.75) is 24.2 Å². The molecule has 0 bridgehead atoms. The molecular weight excluding hydrogens is 331 g/mol. The van der Waals surface area contributed by atoms with E-state index in [4.69, 9.17) is 9.15 Å². The molecule has 1 amide bonds. The number of thioether (sulfide) groups is 1. The van der Waals surface area contributed by atoms with Gasteiger partial charge in [-0.2, -0.15) is 0 Å². The number of rotatable bonds is 3. The van der Waals surface area contributed by atoms with E-state index in [0.717, 1.165) is 12.2 Å². The van der Waals surface area contributed by atoms with E-state index in [2.05, 4.69) is 4.98 Å². The number of halogens is 1. The summed E-state index contributed by atoms with van der Waals surface area (Å²) in [5, 5.41) is 0. The Morgan fingerprint density at radius 1 is 1.50 bits per heavy atom. The van der Waals surface area contributed by atoms with Crippen LogP contribution in [0.2, 0.25) is 0 Å². The first kappa shape index (κ1) is 15.5. The number of hydrogen-bond donors (Lipinski definition) is 0. The van der Waals surface area contributed by atoms with Gasteiger partial charge in [0.05, 0.1) is 16.6 Å². The summed E-state index contributed by atoms with van der Waals surface area (Å²) in [4.78, 5) is 18.2. The summed E-state index contributed by atoms with van der Waals surface area (Å²) in [6.07, 6.45) is 3.77. The van der Waals surface area contributed by atoms with Crippen LogP contribution in [0.3, 0.4) is 0 Å². The van der Waals surface area contributed by atoms with E-state index in [1.165, 1.54) is 18.5 Å². The molecule has 126 valence electrons. The third-order valence-corrected chi connectivity index (χ3v) is 6.09. The number of likely N-dealkylation sites (tertiary alicyclic amines) is 1. The highest BCUT2D eigenvalue weighted by Crippen LogP contribution is 2.46. The minimum Gasteiger partial charge on any atom is -0.471 e. The number of hydrogen-bond acceptors (Lipinski definition) is 5. The molecule has 0 aliphatic carbocycles. The largest absolute Gasteiger partial charge is 0.471 e. The van der Waals surface area contributed by atoms with Crippen molar-refractivity contribution in [3.8, 4) is 5.88 Å². The van der Waals surface area contributed by atoms with Crippen molar-refractivity contribution in [1.29, 1.82) is 0 Å². The van der Waals surface area contributed by atoms with Gasteiger partial charge in [0.15, 0.2) is 5.82 Å². The second-order valence-corrected chi connectivity index (χ2v) is 7.77. The van der Waals surface area contributed by atoms with Crippen LogP contribution in [0.5, 0.6) is 5.88 Å². The molecule has 1 atom stereocenters. The molecule has 1 spiro atoms. The van der Waals surface area contributed by atoms with Gasteiger partial charge in [0.25, 0.3) is 11.8 Å². The topological polar surface area (TPSA) is 55.6 Å². The first-order chi connectivity index (χ1) is 11.6. The van der Waals surface area contributed by atoms with Gasteiger partial charge in [-0.25, -0.2) is 9.37 Å². The molecule has 0 N–H and O–H groups in total. The lowest BCUT2D eigenvalue weighted by molar-refractivity contribution is 0.0512. The van der Waals surface area contributed by atoms with Crippen LogP contribution < -0.4 is 4.74 Å². The van der Waals surface area contributed by atoms with Gasteiger partial charge in [-0.15, -0.1) is 11.8 Å². The Morgan fingerprint density at radius 3 is 3.04 bits per heavy atom. The van der Waals surface area contributed by atoms with Gasteiger partial charge in [-0.05, 0) is 25.1 Å². The Bertz CT molecular complexity index is 773. The molecule has 2 aromatic rings. The van der Waals surface area contributed by atoms with Crippen LogP contribution in [-0.2, 0) is 0 Å². The molecule has 7 heteroatoms. The first-order valence-electron chi connectivity index (χ1n) is 7.81. The average Bonchev–Trinajstić information content (AvgIpc) is 3.14. The highest BCUT2D eigenvalue weighted by Gasteiger charge is 2.51. The zero-order chi connectivity index (χ0) is 16.7. The van der Waals surface area contributed by atoms with E-state index < -0.39 is 5.82 Å². The van der Waals surface area contributed by atoms with Crippen molar-refractivity contribution >= 4 is 17.7 Å². The van der Waals surface area contributed by atoms with Crippen LogP contribution in [0.1, 0.15) is 22.5 Å². The number of amides is 1. The molecule has 2 saturated heterocycles. The number of nitrogens with zero attached hydrogens (tertiary/aromatic N) is 2. The fraction of sp³-hybridized carbons (Fsp3) is 0.412. The predicted molar refractivity (Wildman–Crippen MR) is 87.8 cm³/mol. The quantitative estimate of drug-likeness (QED) is 0.854. The number of aromatic nitrogens is 1. The lowest BCUT2D eigenvalue weighted by Crippen LogP contribution is -2.60. The zero-order valence-electron chi connectivity index (χ0n) is 13.2. The molecule has 4 rings (SSSR count). The number of aryl methyl sites for hydroxylation is 1. The average molecular weight is 348 g/mol. The maximum absolute atomic E-state index is 13.6. The molecule has 0 saturated carbocycles. The Balaban J connectivity index is 1.36. The first-order valence-corrected chi connectivity index (χ1v) is 8.79. The lowest BCUT2D eigenvalue weighted by atomic mass is 9.92. The highest BCUT2D eigenvalue weighted by molar-refractivity contribution is 8.01. The van der Waals surface area contributed by atoms with Crippen LogP contribution in [-0.4, -0.2) is 45.5 Å². The standard InChI is InChI=1S/C17H17FN2O3S/c1-11-13(4-6-22-11)16(21)20-9-17(10-20)7-12(8-24-17)23-15-14(18)3-2-5-19-15/h2-6,12H,7-10H2,1H3. The zero-order valence-corrected chi connectivity index (χ0v) is 14.0. The van der Waals surface area contributed by atoms with Gasteiger partial charge in [-0.3, -0.25) is 4.79 Å². The van der Waals surface area contributed by atoms with Crippen molar-refractivity contribution in [2.75, 3.05) is 18.8 Å². The fourth-order valence-corrected chi connectivity index (χ4v) is 4.81. The van der Waals surface area contributed by atoms with Crippen molar-refractivity contribution < 1.29 is 18.3 Å². The van der Waals surface area contributed by atoms with Gasteiger partial charge in [0.2, 0.25) is 0 Å². The third kappa shape index (κ3) is 2.66. The Hall–Kier alpha value is -2.02. The number of carbonyl (C=O) groups excluding carboxylic acids is 1. The molecule has 2 aliphatic heterocycles. The van der Waals surface area contributed by atoms with Crippen LogP contribution in [0, 0.1) is 12.7 Å². The maximum atomic E-state index is 13.6. The molecule has 5 nitrogen and oxygen atoms in total. The van der Waals surface area contributed by atoms with Crippen molar-refractivity contribution in [2.24, 2.45) is 0 Å². The SMILES string of the molecule is Cc1occc1C(=O)N1CC2(CC(Oc3ncccc3F)CS2)C1. The monoisotopic (exact) mass is 348 g/mol.